The Hall–Kier alpha value is -3.15. The number of carbonyl (C=O) groups excluding carboxylic acids is 3. The van der Waals surface area contributed by atoms with Gasteiger partial charge in [0.15, 0.2) is 6.10 Å². The fourth-order valence-electron chi connectivity index (χ4n) is 7.53. The summed E-state index contributed by atoms with van der Waals surface area (Å²) in [6, 6.07) is 0. The van der Waals surface area contributed by atoms with E-state index in [0.717, 1.165) is 64.2 Å². The van der Waals surface area contributed by atoms with Crippen LogP contribution in [0.5, 0.6) is 0 Å². The first-order valence-corrected chi connectivity index (χ1v) is 27.0. The summed E-state index contributed by atoms with van der Waals surface area (Å²) in [6.45, 7) is 6.43. The van der Waals surface area contributed by atoms with Crippen LogP contribution in [0.25, 0.3) is 0 Å². The molecule has 0 saturated carbocycles. The SMILES string of the molecule is CC/C=C/C=C/C=C/C=C/C=C/CCCC(=O)OCC(COC(=O)CCCCCCCCCCCCCCCCCCCCC)OC(=O)CCCCC/C=C/CCCCCCCCC. The molecular weight excluding hydrogens is 793 g/mol. The number of hydrogen-bond donors (Lipinski definition) is 0. The van der Waals surface area contributed by atoms with Crippen LogP contribution >= 0.6 is 0 Å². The van der Waals surface area contributed by atoms with Gasteiger partial charge in [-0.05, 0) is 57.8 Å². The van der Waals surface area contributed by atoms with Crippen LogP contribution in [-0.4, -0.2) is 37.2 Å². The molecule has 1 unspecified atom stereocenters. The lowest BCUT2D eigenvalue weighted by molar-refractivity contribution is -0.167. The van der Waals surface area contributed by atoms with Crippen LogP contribution in [0.1, 0.15) is 258 Å². The third-order valence-electron chi connectivity index (χ3n) is 11.6. The van der Waals surface area contributed by atoms with E-state index in [9.17, 15) is 14.4 Å². The van der Waals surface area contributed by atoms with Gasteiger partial charge in [0.1, 0.15) is 13.2 Å². The molecule has 0 heterocycles. The van der Waals surface area contributed by atoms with Crippen molar-refractivity contribution < 1.29 is 28.6 Å². The van der Waals surface area contributed by atoms with Crippen molar-refractivity contribution in [2.45, 2.75) is 264 Å². The minimum absolute atomic E-state index is 0.102. The second-order valence-corrected chi connectivity index (χ2v) is 17.9. The molecule has 0 radical (unpaired) electrons. The maximum Gasteiger partial charge on any atom is 0.306 e. The molecule has 0 aromatic heterocycles. The van der Waals surface area contributed by atoms with Crippen molar-refractivity contribution in [3.8, 4) is 0 Å². The highest BCUT2D eigenvalue weighted by Crippen LogP contribution is 2.16. The highest BCUT2D eigenvalue weighted by molar-refractivity contribution is 5.71. The Bertz CT molecular complexity index is 1210. The maximum absolute atomic E-state index is 12.8. The summed E-state index contributed by atoms with van der Waals surface area (Å²) >= 11 is 0. The van der Waals surface area contributed by atoms with E-state index in [0.29, 0.717) is 19.3 Å². The monoisotopic (exact) mass is 893 g/mol. The zero-order valence-electron chi connectivity index (χ0n) is 42.0. The molecule has 0 aliphatic rings. The normalized spacial score (nSPS) is 12.6. The number of carbonyl (C=O) groups is 3. The quantitative estimate of drug-likeness (QED) is 0.0199. The largest absolute Gasteiger partial charge is 0.462 e. The first-order valence-electron chi connectivity index (χ1n) is 27.0. The Kier molecular flexibility index (Phi) is 49.9. The van der Waals surface area contributed by atoms with Gasteiger partial charge in [0.05, 0.1) is 0 Å². The van der Waals surface area contributed by atoms with Gasteiger partial charge in [-0.2, -0.15) is 0 Å². The third kappa shape index (κ3) is 49.9. The van der Waals surface area contributed by atoms with Crippen molar-refractivity contribution in [1.29, 1.82) is 0 Å². The Morgan fingerprint density at radius 3 is 1.06 bits per heavy atom. The Balaban J connectivity index is 4.41. The van der Waals surface area contributed by atoms with Crippen molar-refractivity contribution in [1.82, 2.24) is 0 Å². The smallest absolute Gasteiger partial charge is 0.306 e. The van der Waals surface area contributed by atoms with Crippen LogP contribution < -0.4 is 0 Å². The zero-order chi connectivity index (χ0) is 46.5. The summed E-state index contributed by atoms with van der Waals surface area (Å²) in [7, 11) is 0. The summed E-state index contributed by atoms with van der Waals surface area (Å²) in [6.07, 6.45) is 66.2. The molecule has 6 heteroatoms. The second-order valence-electron chi connectivity index (χ2n) is 17.9. The second kappa shape index (κ2) is 52.5. The van der Waals surface area contributed by atoms with E-state index in [2.05, 4.69) is 39.0 Å². The molecule has 0 bridgehead atoms. The molecule has 0 saturated heterocycles. The molecule has 0 aliphatic heterocycles. The van der Waals surface area contributed by atoms with Crippen LogP contribution in [-0.2, 0) is 28.6 Å². The van der Waals surface area contributed by atoms with Gasteiger partial charge in [0, 0.05) is 19.3 Å². The molecule has 0 spiro atoms. The van der Waals surface area contributed by atoms with E-state index in [1.54, 1.807) is 0 Å². The molecule has 0 aromatic carbocycles. The summed E-state index contributed by atoms with van der Waals surface area (Å²) in [5.41, 5.74) is 0. The summed E-state index contributed by atoms with van der Waals surface area (Å²) in [4.78, 5) is 38.0. The van der Waals surface area contributed by atoms with E-state index in [-0.39, 0.29) is 37.5 Å². The van der Waals surface area contributed by atoms with Crippen molar-refractivity contribution in [2.24, 2.45) is 0 Å². The number of esters is 3. The van der Waals surface area contributed by atoms with Crippen LogP contribution in [0.15, 0.2) is 72.9 Å². The van der Waals surface area contributed by atoms with Gasteiger partial charge >= 0.3 is 17.9 Å². The highest BCUT2D eigenvalue weighted by Gasteiger charge is 2.19. The molecule has 0 fully saturated rings. The van der Waals surface area contributed by atoms with E-state index >= 15 is 0 Å². The number of rotatable bonds is 48. The first-order chi connectivity index (χ1) is 31.5. The van der Waals surface area contributed by atoms with Gasteiger partial charge in [-0.15, -0.1) is 0 Å². The molecule has 0 N–H and O–H groups in total. The van der Waals surface area contributed by atoms with Crippen LogP contribution in [0.4, 0.5) is 0 Å². The van der Waals surface area contributed by atoms with E-state index in [1.807, 2.05) is 54.7 Å². The predicted octanol–water partition coefficient (Wildman–Crippen LogP) is 17.8. The molecule has 0 amide bonds. The minimum Gasteiger partial charge on any atom is -0.462 e. The number of allylic oxidation sites excluding steroid dienone is 12. The molecule has 368 valence electrons. The molecule has 64 heavy (non-hydrogen) atoms. The number of ether oxygens (including phenoxy) is 3. The van der Waals surface area contributed by atoms with E-state index in [1.165, 1.54) is 148 Å². The third-order valence-corrected chi connectivity index (χ3v) is 11.6. The van der Waals surface area contributed by atoms with Crippen molar-refractivity contribution in [2.75, 3.05) is 13.2 Å². The highest BCUT2D eigenvalue weighted by atomic mass is 16.6. The topological polar surface area (TPSA) is 78.9 Å². The fourth-order valence-corrected chi connectivity index (χ4v) is 7.53. The fraction of sp³-hybridized carbons (Fsp3) is 0.741. The maximum atomic E-state index is 12.8. The summed E-state index contributed by atoms with van der Waals surface area (Å²) in [5, 5.41) is 0. The average molecular weight is 893 g/mol. The van der Waals surface area contributed by atoms with Gasteiger partial charge in [0.25, 0.3) is 0 Å². The van der Waals surface area contributed by atoms with E-state index < -0.39 is 6.10 Å². The van der Waals surface area contributed by atoms with Crippen molar-refractivity contribution in [3.63, 3.8) is 0 Å². The molecule has 6 nitrogen and oxygen atoms in total. The van der Waals surface area contributed by atoms with Crippen molar-refractivity contribution in [3.05, 3.63) is 72.9 Å². The van der Waals surface area contributed by atoms with E-state index in [4.69, 9.17) is 14.2 Å². The number of hydrogen-bond acceptors (Lipinski definition) is 6. The first kappa shape index (κ1) is 60.9. The Morgan fingerprint density at radius 1 is 0.328 bits per heavy atom. The predicted molar refractivity (Wildman–Crippen MR) is 274 cm³/mol. The summed E-state index contributed by atoms with van der Waals surface area (Å²) in [5.74, 6) is -0.989. The summed E-state index contributed by atoms with van der Waals surface area (Å²) < 4.78 is 16.7. The lowest BCUT2D eigenvalue weighted by Gasteiger charge is -2.18. The minimum atomic E-state index is -0.810. The average Bonchev–Trinajstić information content (AvgIpc) is 3.29. The molecule has 1 atom stereocenters. The standard InChI is InChI=1S/C58H100O6/c1-4-7-10-13-16-19-22-25-27-28-29-30-31-34-36-39-42-45-48-51-57(60)63-54-55(53-62-56(59)50-47-44-41-38-35-32-24-21-18-15-12-9-6-3)64-58(61)52-49-46-43-40-37-33-26-23-20-17-14-11-8-5-2/h9,12,15,18,21,24,32-33,35,37-38,41,55H,4-8,10-11,13-14,16-17,19-20,22-23,25-31,34,36,39-40,42-54H2,1-3H3/b12-9+,18-15+,24-21+,35-32+,37-33+,41-38+. The number of unbranched alkanes of at least 4 members (excludes halogenated alkanes) is 29. The Morgan fingerprint density at radius 2 is 0.641 bits per heavy atom. The molecular formula is C58H100O6. The lowest BCUT2D eigenvalue weighted by Crippen LogP contribution is -2.30. The zero-order valence-corrected chi connectivity index (χ0v) is 42.0. The molecule has 0 rings (SSSR count). The van der Waals surface area contributed by atoms with Crippen LogP contribution in [0, 0.1) is 0 Å². The van der Waals surface area contributed by atoms with Crippen LogP contribution in [0.3, 0.4) is 0 Å². The molecule has 0 aromatic rings. The van der Waals surface area contributed by atoms with Gasteiger partial charge < -0.3 is 14.2 Å². The van der Waals surface area contributed by atoms with Gasteiger partial charge in [-0.25, -0.2) is 0 Å². The lowest BCUT2D eigenvalue weighted by atomic mass is 10.0. The van der Waals surface area contributed by atoms with Gasteiger partial charge in [-0.1, -0.05) is 254 Å². The van der Waals surface area contributed by atoms with Crippen LogP contribution in [0.2, 0.25) is 0 Å². The molecule has 0 aliphatic carbocycles. The van der Waals surface area contributed by atoms with Gasteiger partial charge in [-0.3, -0.25) is 14.4 Å². The van der Waals surface area contributed by atoms with Gasteiger partial charge in [0.2, 0.25) is 0 Å². The van der Waals surface area contributed by atoms with Crippen molar-refractivity contribution >= 4 is 17.9 Å². The Labute approximate surface area is 395 Å².